The van der Waals surface area contributed by atoms with Crippen molar-refractivity contribution < 1.29 is 9.53 Å². The third kappa shape index (κ3) is 4.42. The monoisotopic (exact) mass is 441 g/mol. The van der Waals surface area contributed by atoms with Crippen LogP contribution in [0.2, 0.25) is 0 Å². The van der Waals surface area contributed by atoms with Crippen molar-refractivity contribution in [2.45, 2.75) is 38.7 Å². The molecule has 1 amide bonds. The number of fused-ring (bicyclic) bond motifs is 1. The van der Waals surface area contributed by atoms with Gasteiger partial charge in [-0.1, -0.05) is 23.0 Å². The van der Waals surface area contributed by atoms with Crippen molar-refractivity contribution in [3.8, 4) is 17.5 Å². The number of amides is 1. The number of H-pyrrole nitrogens is 1. The minimum absolute atomic E-state index is 0.0958. The summed E-state index contributed by atoms with van der Waals surface area (Å²) < 4.78 is 5.53. The highest BCUT2D eigenvalue weighted by atomic mass is 16.5. The second kappa shape index (κ2) is 9.21. The minimum atomic E-state index is 0.0958. The van der Waals surface area contributed by atoms with E-state index in [9.17, 15) is 4.79 Å². The molecule has 0 spiro atoms. The Morgan fingerprint density at radius 1 is 1.18 bits per heavy atom. The number of aromatic amines is 1. The number of piperidine rings is 1. The van der Waals surface area contributed by atoms with Crippen LogP contribution in [0.25, 0.3) is 16.2 Å². The number of nitrogens with zero attached hydrogens (tertiary/aromatic N) is 3. The van der Waals surface area contributed by atoms with Gasteiger partial charge in [-0.2, -0.15) is 0 Å². The van der Waals surface area contributed by atoms with Gasteiger partial charge in [0.05, 0.1) is 24.6 Å². The predicted octanol–water partition coefficient (Wildman–Crippen LogP) is 4.79. The molecule has 1 saturated heterocycles. The maximum absolute atomic E-state index is 13.3. The maximum atomic E-state index is 13.3. The van der Waals surface area contributed by atoms with Gasteiger partial charge in [-0.05, 0) is 61.1 Å². The molecule has 6 heteroatoms. The summed E-state index contributed by atoms with van der Waals surface area (Å²) in [5, 5.41) is 0. The molecule has 0 aliphatic carbocycles. The van der Waals surface area contributed by atoms with Gasteiger partial charge in [0.25, 0.3) is 13.0 Å². The smallest absolute Gasteiger partial charge is 0.310 e. The second-order valence-corrected chi connectivity index (χ2v) is 8.87. The van der Waals surface area contributed by atoms with Gasteiger partial charge < -0.3 is 14.6 Å². The number of carbonyl (C=O) groups excluding carboxylic acids is 1. The van der Waals surface area contributed by atoms with Crippen LogP contribution in [0.15, 0.2) is 42.5 Å². The quantitative estimate of drug-likeness (QED) is 0.636. The van der Waals surface area contributed by atoms with Gasteiger partial charge in [0.1, 0.15) is 11.4 Å². The van der Waals surface area contributed by atoms with E-state index >= 15 is 0 Å². The maximum Gasteiger partial charge on any atom is 0.310 e. The van der Waals surface area contributed by atoms with Gasteiger partial charge in [0.2, 0.25) is 0 Å². The van der Waals surface area contributed by atoms with E-state index in [1.165, 1.54) is 5.56 Å². The third-order valence-corrected chi connectivity index (χ3v) is 6.74. The first-order chi connectivity index (χ1) is 16.1. The van der Waals surface area contributed by atoms with Crippen molar-refractivity contribution in [3.05, 3.63) is 81.0 Å². The van der Waals surface area contributed by atoms with E-state index in [-0.39, 0.29) is 5.91 Å². The summed E-state index contributed by atoms with van der Waals surface area (Å²) in [4.78, 5) is 27.4. The van der Waals surface area contributed by atoms with E-state index in [0.717, 1.165) is 71.8 Å². The highest BCUT2D eigenvalue weighted by Gasteiger charge is 2.25. The summed E-state index contributed by atoms with van der Waals surface area (Å²) in [6.07, 6.45) is 2.77. The van der Waals surface area contributed by atoms with Crippen LogP contribution in [0, 0.1) is 13.0 Å². The number of carbonyl (C=O) groups is 1. The highest BCUT2D eigenvalue weighted by molar-refractivity contribution is 5.95. The average Bonchev–Trinajstić information content (AvgIpc) is 3.29. The average molecular weight is 442 g/mol. The van der Waals surface area contributed by atoms with E-state index in [4.69, 9.17) is 9.72 Å². The van der Waals surface area contributed by atoms with Crippen LogP contribution >= 0.6 is 0 Å². The summed E-state index contributed by atoms with van der Waals surface area (Å²) >= 11 is 0. The molecule has 0 atom stereocenters. The predicted molar refractivity (Wildman–Crippen MR) is 129 cm³/mol. The molecule has 2 aliphatic rings. The molecule has 2 aliphatic heterocycles. The molecular formula is C27H29N4O2+. The number of rotatable bonds is 3. The molecule has 5 rings (SSSR count). The number of benzene rings is 2. The number of likely N-dealkylation sites (tertiary alicyclic amines) is 1. The minimum Gasteiger partial charge on any atom is -0.375 e. The first-order valence-electron chi connectivity index (χ1n) is 11.6. The molecule has 168 valence electrons. The Bertz CT molecular complexity index is 1200. The molecule has 3 aromatic rings. The molecule has 0 radical (unpaired) electrons. The molecule has 33 heavy (non-hydrogen) atoms. The summed E-state index contributed by atoms with van der Waals surface area (Å²) in [7, 11) is 1.73. The fourth-order valence-electron chi connectivity index (χ4n) is 4.81. The standard InChI is InChI=1S/C27H29N4O2/c1-18-3-6-22(15-23(18)26-29-24-11-14-33-17-25(24)30-26)27(32)31-12-9-21(10-13-31)20-7-4-19(5-8-20)16-28-2/h3-8,15,21H,9-14,17H2,1-2H3,(H,29,30)/q+1. The lowest BCUT2D eigenvalue weighted by Crippen LogP contribution is -2.37. The van der Waals surface area contributed by atoms with Crippen molar-refractivity contribution in [1.29, 1.82) is 0 Å². The van der Waals surface area contributed by atoms with Crippen LogP contribution in [-0.4, -0.2) is 47.5 Å². The summed E-state index contributed by atoms with van der Waals surface area (Å²) in [5.41, 5.74) is 7.24. The Balaban J connectivity index is 1.28. The van der Waals surface area contributed by atoms with Crippen LogP contribution in [0.5, 0.6) is 0 Å². The normalized spacial score (nSPS) is 16.1. The van der Waals surface area contributed by atoms with Crippen LogP contribution in [0.4, 0.5) is 0 Å². The lowest BCUT2D eigenvalue weighted by Gasteiger charge is -2.32. The summed E-state index contributed by atoms with van der Waals surface area (Å²) in [5.74, 6) is 1.40. The van der Waals surface area contributed by atoms with Crippen LogP contribution in [-0.2, 0) is 17.8 Å². The zero-order chi connectivity index (χ0) is 22.8. The number of hydrogen-bond acceptors (Lipinski definition) is 3. The molecule has 3 heterocycles. The number of ether oxygens (including phenoxy) is 1. The number of nitrogens with one attached hydrogen (secondary N) is 1. The fourth-order valence-corrected chi connectivity index (χ4v) is 4.81. The van der Waals surface area contributed by atoms with Crippen LogP contribution in [0.3, 0.4) is 0 Å². The van der Waals surface area contributed by atoms with Crippen molar-refractivity contribution in [3.63, 3.8) is 0 Å². The Morgan fingerprint density at radius 2 is 1.97 bits per heavy atom. The summed E-state index contributed by atoms with van der Waals surface area (Å²) in [6.45, 7) is 4.87. The van der Waals surface area contributed by atoms with Gasteiger partial charge in [-0.3, -0.25) is 4.79 Å². The molecule has 0 unspecified atom stereocenters. The van der Waals surface area contributed by atoms with Crippen LogP contribution < -0.4 is 0 Å². The summed E-state index contributed by atoms with van der Waals surface area (Å²) in [6, 6.07) is 17.4. The van der Waals surface area contributed by atoms with Gasteiger partial charge in [-0.25, -0.2) is 4.98 Å². The SMILES string of the molecule is C[N+]#Cc1ccc(C2CCN(C(=O)c3ccc(C)c(-c4nc5c([nH]4)COCC5)c3)CC2)cc1. The lowest BCUT2D eigenvalue weighted by molar-refractivity contribution is 0.0713. The van der Waals surface area contributed by atoms with E-state index in [1.807, 2.05) is 23.1 Å². The van der Waals surface area contributed by atoms with Crippen molar-refractivity contribution in [2.75, 3.05) is 26.7 Å². The molecular weight excluding hydrogens is 412 g/mol. The molecule has 1 N–H and O–H groups in total. The first kappa shape index (κ1) is 21.4. The second-order valence-electron chi connectivity index (χ2n) is 8.87. The molecule has 2 aromatic carbocycles. The van der Waals surface area contributed by atoms with Crippen molar-refractivity contribution in [2.24, 2.45) is 0 Å². The number of aryl methyl sites for hydroxylation is 1. The van der Waals surface area contributed by atoms with Gasteiger partial charge in [-0.15, -0.1) is 0 Å². The Labute approximate surface area is 194 Å². The van der Waals surface area contributed by atoms with Gasteiger partial charge in [0.15, 0.2) is 0 Å². The van der Waals surface area contributed by atoms with Crippen molar-refractivity contribution >= 4 is 5.91 Å². The molecule has 6 nitrogen and oxygen atoms in total. The zero-order valence-corrected chi connectivity index (χ0v) is 19.2. The largest absolute Gasteiger partial charge is 0.375 e. The molecule has 0 bridgehead atoms. The van der Waals surface area contributed by atoms with E-state index in [2.05, 4.69) is 47.1 Å². The van der Waals surface area contributed by atoms with Crippen LogP contribution in [0.1, 0.15) is 57.2 Å². The number of aromatic nitrogens is 2. The van der Waals surface area contributed by atoms with Crippen molar-refractivity contribution in [1.82, 2.24) is 14.9 Å². The van der Waals surface area contributed by atoms with E-state index < -0.39 is 0 Å². The lowest BCUT2D eigenvalue weighted by atomic mass is 9.88. The van der Waals surface area contributed by atoms with Gasteiger partial charge in [0, 0.05) is 30.6 Å². The topological polar surface area (TPSA) is 62.6 Å². The Morgan fingerprint density at radius 3 is 2.70 bits per heavy atom. The number of imidazole rings is 1. The molecule has 1 fully saturated rings. The molecule has 0 saturated carbocycles. The molecule has 1 aromatic heterocycles. The number of hydrogen-bond donors (Lipinski definition) is 1. The Kier molecular flexibility index (Phi) is 5.97. The fraction of sp³-hybridized carbons (Fsp3) is 0.370. The van der Waals surface area contributed by atoms with E-state index in [0.29, 0.717) is 19.1 Å². The Hall–Kier alpha value is -3.43. The third-order valence-electron chi connectivity index (χ3n) is 6.74. The van der Waals surface area contributed by atoms with Gasteiger partial charge >= 0.3 is 6.07 Å². The zero-order valence-electron chi connectivity index (χ0n) is 19.2. The van der Waals surface area contributed by atoms with E-state index in [1.54, 1.807) is 7.05 Å². The first-order valence-corrected chi connectivity index (χ1v) is 11.6. The highest BCUT2D eigenvalue weighted by Crippen LogP contribution is 2.30.